The monoisotopic (exact) mass is 379 g/mol. The molecular formula is C22H25N3O3. The summed E-state index contributed by atoms with van der Waals surface area (Å²) in [5, 5.41) is 2.26. The number of para-hydroxylation sites is 1. The van der Waals surface area contributed by atoms with Crippen LogP contribution in [0.25, 0.3) is 21.8 Å². The molecule has 2 aromatic heterocycles. The number of carbonyl (C=O) groups excluding carboxylic acids is 1. The first-order valence-corrected chi connectivity index (χ1v) is 9.53. The van der Waals surface area contributed by atoms with Crippen LogP contribution in [0.5, 0.6) is 5.88 Å². The van der Waals surface area contributed by atoms with E-state index in [0.717, 1.165) is 28.2 Å². The lowest BCUT2D eigenvalue weighted by Gasteiger charge is -2.19. The lowest BCUT2D eigenvalue weighted by Crippen LogP contribution is -2.34. The van der Waals surface area contributed by atoms with Gasteiger partial charge in [0.25, 0.3) is 0 Å². The molecule has 2 atom stereocenters. The summed E-state index contributed by atoms with van der Waals surface area (Å²) in [5.41, 5.74) is 3.05. The van der Waals surface area contributed by atoms with E-state index in [1.54, 1.807) is 4.90 Å². The lowest BCUT2D eigenvalue weighted by molar-refractivity contribution is 0.116. The number of ether oxygens (including phenoxy) is 2. The Balaban J connectivity index is 1.79. The molecule has 0 saturated carbocycles. The van der Waals surface area contributed by atoms with Gasteiger partial charge >= 0.3 is 6.09 Å². The van der Waals surface area contributed by atoms with Gasteiger partial charge in [-0.05, 0) is 25.5 Å². The van der Waals surface area contributed by atoms with Crippen molar-refractivity contribution >= 4 is 27.9 Å². The number of hydrogen-bond donors (Lipinski definition) is 0. The van der Waals surface area contributed by atoms with E-state index in [1.165, 1.54) is 12.7 Å². The largest absolute Gasteiger partial charge is 0.471 e. The Morgan fingerprint density at radius 3 is 2.93 bits per heavy atom. The molecule has 3 aromatic rings. The van der Waals surface area contributed by atoms with Crippen LogP contribution in [0, 0.1) is 6.92 Å². The van der Waals surface area contributed by atoms with Gasteiger partial charge in [0.1, 0.15) is 11.6 Å². The molecule has 0 aliphatic carbocycles. The van der Waals surface area contributed by atoms with Crippen molar-refractivity contribution in [3.8, 4) is 5.88 Å². The molecular weight excluding hydrogens is 354 g/mol. The number of nitrogens with zero attached hydrogens (tertiary/aromatic N) is 3. The van der Waals surface area contributed by atoms with Gasteiger partial charge in [-0.2, -0.15) is 0 Å². The van der Waals surface area contributed by atoms with Crippen LogP contribution in [0.15, 0.2) is 43.1 Å². The number of benzene rings is 1. The Morgan fingerprint density at radius 2 is 2.18 bits per heavy atom. The van der Waals surface area contributed by atoms with Crippen molar-refractivity contribution in [3.05, 3.63) is 48.7 Å². The van der Waals surface area contributed by atoms with Crippen molar-refractivity contribution in [2.75, 3.05) is 13.7 Å². The molecule has 1 aliphatic rings. The second-order valence-electron chi connectivity index (χ2n) is 7.36. The van der Waals surface area contributed by atoms with Crippen molar-refractivity contribution in [2.45, 2.75) is 39.0 Å². The minimum atomic E-state index is -0.318. The van der Waals surface area contributed by atoms with Crippen LogP contribution in [0.2, 0.25) is 0 Å². The second kappa shape index (κ2) is 7.19. The Labute approximate surface area is 164 Å². The standard InChI is InChI=1S/C22H25N3O3/c1-5-10-24-12-14(2)19-17-8-6-7-9-18(17)23-21(20(19)24)28-16-11-15(3)25(13-16)22(26)27-4/h5-9,12,15-16H,1,10-11,13H2,2-4H3/t15-,16-/m1/s1. The number of pyridine rings is 1. The Kier molecular flexibility index (Phi) is 4.71. The molecule has 1 aromatic carbocycles. The zero-order valence-electron chi connectivity index (χ0n) is 16.5. The van der Waals surface area contributed by atoms with E-state index in [9.17, 15) is 4.79 Å². The van der Waals surface area contributed by atoms with Crippen LogP contribution in [-0.4, -0.2) is 46.3 Å². The van der Waals surface area contributed by atoms with Crippen molar-refractivity contribution in [1.29, 1.82) is 0 Å². The van der Waals surface area contributed by atoms with E-state index >= 15 is 0 Å². The molecule has 0 unspecified atom stereocenters. The number of rotatable bonds is 4. The van der Waals surface area contributed by atoms with Crippen molar-refractivity contribution < 1.29 is 14.3 Å². The van der Waals surface area contributed by atoms with Gasteiger partial charge in [0.05, 0.1) is 19.2 Å². The number of methoxy groups -OCH3 is 1. The molecule has 6 nitrogen and oxygen atoms in total. The molecule has 1 aliphatic heterocycles. The maximum Gasteiger partial charge on any atom is 0.409 e. The summed E-state index contributed by atoms with van der Waals surface area (Å²) >= 11 is 0. The molecule has 28 heavy (non-hydrogen) atoms. The van der Waals surface area contributed by atoms with Crippen LogP contribution in [0.3, 0.4) is 0 Å². The van der Waals surface area contributed by atoms with E-state index in [1.807, 2.05) is 31.2 Å². The van der Waals surface area contributed by atoms with E-state index in [4.69, 9.17) is 14.5 Å². The Bertz CT molecular complexity index is 1060. The minimum Gasteiger partial charge on any atom is -0.471 e. The lowest BCUT2D eigenvalue weighted by atomic mass is 10.1. The topological polar surface area (TPSA) is 56.6 Å². The minimum absolute atomic E-state index is 0.0649. The van der Waals surface area contributed by atoms with Gasteiger partial charge in [-0.1, -0.05) is 24.3 Å². The maximum absolute atomic E-state index is 12.0. The van der Waals surface area contributed by atoms with Crippen LogP contribution < -0.4 is 4.74 Å². The van der Waals surface area contributed by atoms with Gasteiger partial charge in [0.2, 0.25) is 5.88 Å². The number of aryl methyl sites for hydroxylation is 1. The number of fused-ring (bicyclic) bond motifs is 3. The zero-order chi connectivity index (χ0) is 19.8. The summed E-state index contributed by atoms with van der Waals surface area (Å²) in [4.78, 5) is 18.5. The summed E-state index contributed by atoms with van der Waals surface area (Å²) in [5.74, 6) is 0.604. The van der Waals surface area contributed by atoms with Crippen LogP contribution in [0.4, 0.5) is 4.79 Å². The fourth-order valence-corrected chi connectivity index (χ4v) is 4.17. The molecule has 0 bridgehead atoms. The molecule has 0 N–H and O–H groups in total. The van der Waals surface area contributed by atoms with Crippen molar-refractivity contribution in [2.24, 2.45) is 0 Å². The Hall–Kier alpha value is -3.02. The van der Waals surface area contributed by atoms with Gasteiger partial charge in [-0.3, -0.25) is 0 Å². The molecule has 4 rings (SSSR count). The molecule has 0 spiro atoms. The summed E-state index contributed by atoms with van der Waals surface area (Å²) < 4.78 is 13.4. The third-order valence-corrected chi connectivity index (χ3v) is 5.42. The maximum atomic E-state index is 12.0. The van der Waals surface area contributed by atoms with Gasteiger partial charge in [0.15, 0.2) is 0 Å². The number of carbonyl (C=O) groups is 1. The quantitative estimate of drug-likeness (QED) is 0.635. The SMILES string of the molecule is C=CCn1cc(C)c2c3ccccc3nc(O[C@@H]3C[C@@H](C)N(C(=O)OC)C3)c21. The molecule has 0 radical (unpaired) electrons. The fraction of sp³-hybridized carbons (Fsp3) is 0.364. The van der Waals surface area contributed by atoms with E-state index in [2.05, 4.69) is 30.3 Å². The summed E-state index contributed by atoms with van der Waals surface area (Å²) in [6.07, 6.45) is 4.28. The number of hydrogen-bond acceptors (Lipinski definition) is 4. The molecule has 1 saturated heterocycles. The third-order valence-electron chi connectivity index (χ3n) is 5.42. The zero-order valence-corrected chi connectivity index (χ0v) is 16.5. The van der Waals surface area contributed by atoms with Crippen LogP contribution in [0.1, 0.15) is 18.9 Å². The van der Waals surface area contributed by atoms with Crippen molar-refractivity contribution in [1.82, 2.24) is 14.5 Å². The van der Waals surface area contributed by atoms with Gasteiger partial charge < -0.3 is 18.9 Å². The van der Waals surface area contributed by atoms with Crippen LogP contribution >= 0.6 is 0 Å². The highest BCUT2D eigenvalue weighted by molar-refractivity contribution is 6.08. The van der Waals surface area contributed by atoms with Crippen molar-refractivity contribution in [3.63, 3.8) is 0 Å². The van der Waals surface area contributed by atoms with E-state index in [-0.39, 0.29) is 18.2 Å². The number of aromatic nitrogens is 2. The average molecular weight is 379 g/mol. The average Bonchev–Trinajstić information content (AvgIpc) is 3.21. The number of allylic oxidation sites excluding steroid dienone is 1. The normalized spacial score (nSPS) is 19.3. The first-order valence-electron chi connectivity index (χ1n) is 9.53. The van der Waals surface area contributed by atoms with Crippen LogP contribution in [-0.2, 0) is 11.3 Å². The van der Waals surface area contributed by atoms with E-state index < -0.39 is 0 Å². The second-order valence-corrected chi connectivity index (χ2v) is 7.36. The number of likely N-dealkylation sites (tertiary alicyclic amines) is 1. The summed E-state index contributed by atoms with van der Waals surface area (Å²) in [6, 6.07) is 8.18. The van der Waals surface area contributed by atoms with Gasteiger partial charge in [-0.25, -0.2) is 9.78 Å². The molecule has 6 heteroatoms. The molecule has 1 amide bonds. The van der Waals surface area contributed by atoms with Gasteiger partial charge in [0, 0.05) is 36.0 Å². The highest BCUT2D eigenvalue weighted by Crippen LogP contribution is 2.36. The Morgan fingerprint density at radius 1 is 1.39 bits per heavy atom. The molecule has 1 fully saturated rings. The highest BCUT2D eigenvalue weighted by Gasteiger charge is 2.35. The fourth-order valence-electron chi connectivity index (χ4n) is 4.17. The smallest absolute Gasteiger partial charge is 0.409 e. The molecule has 146 valence electrons. The van der Waals surface area contributed by atoms with Gasteiger partial charge in [-0.15, -0.1) is 6.58 Å². The predicted octanol–water partition coefficient (Wildman–Crippen LogP) is 4.29. The third kappa shape index (κ3) is 2.99. The first-order chi connectivity index (χ1) is 13.5. The first kappa shape index (κ1) is 18.3. The predicted molar refractivity (Wildman–Crippen MR) is 110 cm³/mol. The molecule has 3 heterocycles. The summed E-state index contributed by atoms with van der Waals surface area (Å²) in [6.45, 7) is 9.16. The number of amides is 1. The highest BCUT2D eigenvalue weighted by atomic mass is 16.5. The summed E-state index contributed by atoms with van der Waals surface area (Å²) in [7, 11) is 1.41. The van der Waals surface area contributed by atoms with E-state index in [0.29, 0.717) is 19.0 Å².